The van der Waals surface area contributed by atoms with Crippen LogP contribution >= 0.6 is 0 Å². The number of hydrogen-bond acceptors (Lipinski definition) is 2. The number of hydrogen-bond donors (Lipinski definition) is 2. The van der Waals surface area contributed by atoms with Crippen molar-refractivity contribution in [2.24, 2.45) is 5.92 Å². The second kappa shape index (κ2) is 5.22. The maximum atomic E-state index is 10.6. The summed E-state index contributed by atoms with van der Waals surface area (Å²) in [5.74, 6) is 0.930. The smallest absolute Gasteiger partial charge is 0.216 e. The molecule has 0 saturated heterocycles. The lowest BCUT2D eigenvalue weighted by Crippen LogP contribution is -2.35. The van der Waals surface area contributed by atoms with Gasteiger partial charge in [0.25, 0.3) is 0 Å². The van der Waals surface area contributed by atoms with Crippen molar-refractivity contribution in [2.75, 3.05) is 13.1 Å². The normalized spacial score (nSPS) is 27.5. The van der Waals surface area contributed by atoms with E-state index in [-0.39, 0.29) is 5.91 Å². The first-order chi connectivity index (χ1) is 6.18. The Morgan fingerprint density at radius 1 is 1.38 bits per heavy atom. The molecule has 1 amide bonds. The quantitative estimate of drug-likeness (QED) is 0.637. The molecule has 0 radical (unpaired) electrons. The second-order valence-electron chi connectivity index (χ2n) is 4.05. The Hall–Kier alpha value is -0.570. The molecule has 2 unspecified atom stereocenters. The molecule has 0 bridgehead atoms. The Morgan fingerprint density at radius 2 is 2.15 bits per heavy atom. The minimum atomic E-state index is 0.0570. The molecular formula is C10H20N2O. The maximum Gasteiger partial charge on any atom is 0.216 e. The molecule has 76 valence electrons. The fraction of sp³-hybridized carbons (Fsp3) is 0.900. The molecule has 2 N–H and O–H groups in total. The predicted octanol–water partition coefficient (Wildman–Crippen LogP) is 0.901. The van der Waals surface area contributed by atoms with Crippen LogP contribution in [-0.4, -0.2) is 25.0 Å². The van der Waals surface area contributed by atoms with Crippen LogP contribution in [0.15, 0.2) is 0 Å². The Labute approximate surface area is 80.3 Å². The van der Waals surface area contributed by atoms with Crippen molar-refractivity contribution in [3.05, 3.63) is 0 Å². The molecular weight excluding hydrogens is 164 g/mol. The molecule has 1 saturated carbocycles. The largest absolute Gasteiger partial charge is 0.355 e. The van der Waals surface area contributed by atoms with Crippen molar-refractivity contribution in [2.45, 2.75) is 39.2 Å². The molecule has 0 aromatic carbocycles. The third-order valence-corrected chi connectivity index (χ3v) is 2.63. The molecule has 1 fully saturated rings. The van der Waals surface area contributed by atoms with Gasteiger partial charge in [-0.05, 0) is 25.2 Å². The summed E-state index contributed by atoms with van der Waals surface area (Å²) in [4.78, 5) is 10.6. The van der Waals surface area contributed by atoms with Crippen LogP contribution in [0.25, 0.3) is 0 Å². The third-order valence-electron chi connectivity index (χ3n) is 2.63. The number of carbonyl (C=O) groups is 1. The molecule has 3 nitrogen and oxygen atoms in total. The van der Waals surface area contributed by atoms with E-state index in [4.69, 9.17) is 0 Å². The van der Waals surface area contributed by atoms with Crippen LogP contribution < -0.4 is 10.6 Å². The van der Waals surface area contributed by atoms with Gasteiger partial charge in [0.15, 0.2) is 0 Å². The lowest BCUT2D eigenvalue weighted by Gasteiger charge is -2.11. The van der Waals surface area contributed by atoms with Gasteiger partial charge in [0.1, 0.15) is 0 Å². The molecule has 1 aliphatic rings. The van der Waals surface area contributed by atoms with Gasteiger partial charge in [0, 0.05) is 26.1 Å². The van der Waals surface area contributed by atoms with Crippen molar-refractivity contribution in [3.63, 3.8) is 0 Å². The van der Waals surface area contributed by atoms with Gasteiger partial charge < -0.3 is 10.6 Å². The summed E-state index contributed by atoms with van der Waals surface area (Å²) >= 11 is 0. The van der Waals surface area contributed by atoms with Crippen LogP contribution in [0.5, 0.6) is 0 Å². The zero-order chi connectivity index (χ0) is 9.68. The van der Waals surface area contributed by atoms with E-state index in [0.29, 0.717) is 6.04 Å². The SMILES string of the molecule is CC(=O)NCCNC1CCC(C)C1. The zero-order valence-electron chi connectivity index (χ0n) is 8.60. The zero-order valence-corrected chi connectivity index (χ0v) is 8.60. The topological polar surface area (TPSA) is 41.1 Å². The van der Waals surface area contributed by atoms with E-state index in [9.17, 15) is 4.79 Å². The summed E-state index contributed by atoms with van der Waals surface area (Å²) < 4.78 is 0. The number of nitrogens with one attached hydrogen (secondary N) is 2. The molecule has 3 heteroatoms. The van der Waals surface area contributed by atoms with Gasteiger partial charge in [-0.3, -0.25) is 4.79 Å². The van der Waals surface area contributed by atoms with Crippen LogP contribution in [0.2, 0.25) is 0 Å². The summed E-state index contributed by atoms with van der Waals surface area (Å²) in [7, 11) is 0. The van der Waals surface area contributed by atoms with Gasteiger partial charge in [0.05, 0.1) is 0 Å². The summed E-state index contributed by atoms with van der Waals surface area (Å²) in [6.45, 7) is 5.50. The van der Waals surface area contributed by atoms with Gasteiger partial charge in [0.2, 0.25) is 5.91 Å². The predicted molar refractivity (Wildman–Crippen MR) is 53.5 cm³/mol. The van der Waals surface area contributed by atoms with E-state index in [1.54, 1.807) is 6.92 Å². The lowest BCUT2D eigenvalue weighted by atomic mass is 10.1. The Balaban J connectivity index is 1.97. The first kappa shape index (κ1) is 10.5. The van der Waals surface area contributed by atoms with Crippen molar-refractivity contribution in [1.29, 1.82) is 0 Å². The van der Waals surface area contributed by atoms with E-state index in [0.717, 1.165) is 19.0 Å². The molecule has 2 atom stereocenters. The van der Waals surface area contributed by atoms with Crippen LogP contribution in [0.3, 0.4) is 0 Å². The highest BCUT2D eigenvalue weighted by atomic mass is 16.1. The lowest BCUT2D eigenvalue weighted by molar-refractivity contribution is -0.118. The highest BCUT2D eigenvalue weighted by molar-refractivity contribution is 5.72. The van der Waals surface area contributed by atoms with Gasteiger partial charge in [-0.2, -0.15) is 0 Å². The van der Waals surface area contributed by atoms with Gasteiger partial charge in [-0.15, -0.1) is 0 Å². The van der Waals surface area contributed by atoms with Crippen LogP contribution in [0.4, 0.5) is 0 Å². The molecule has 0 aliphatic heterocycles. The number of rotatable bonds is 4. The molecule has 0 aromatic heterocycles. The fourth-order valence-electron chi connectivity index (χ4n) is 1.91. The van der Waals surface area contributed by atoms with Crippen molar-refractivity contribution in [3.8, 4) is 0 Å². The van der Waals surface area contributed by atoms with E-state index in [2.05, 4.69) is 17.6 Å². The minimum absolute atomic E-state index is 0.0570. The first-order valence-corrected chi connectivity index (χ1v) is 5.16. The second-order valence-corrected chi connectivity index (χ2v) is 4.05. The standard InChI is InChI=1S/C10H20N2O/c1-8-3-4-10(7-8)12-6-5-11-9(2)13/h8,10,12H,3-7H2,1-2H3,(H,11,13). The molecule has 1 rings (SSSR count). The third kappa shape index (κ3) is 4.27. The Kier molecular flexibility index (Phi) is 4.22. The summed E-state index contributed by atoms with van der Waals surface area (Å²) in [5, 5.41) is 6.23. The molecule has 1 aliphatic carbocycles. The number of amides is 1. The Bertz CT molecular complexity index is 170. The van der Waals surface area contributed by atoms with Crippen molar-refractivity contribution < 1.29 is 4.79 Å². The highest BCUT2D eigenvalue weighted by Crippen LogP contribution is 2.24. The highest BCUT2D eigenvalue weighted by Gasteiger charge is 2.19. The molecule has 0 aromatic rings. The Morgan fingerprint density at radius 3 is 2.69 bits per heavy atom. The average Bonchev–Trinajstić information content (AvgIpc) is 2.45. The average molecular weight is 184 g/mol. The van der Waals surface area contributed by atoms with Gasteiger partial charge >= 0.3 is 0 Å². The molecule has 13 heavy (non-hydrogen) atoms. The summed E-state index contributed by atoms with van der Waals surface area (Å²) in [6.07, 6.45) is 3.93. The fourth-order valence-corrected chi connectivity index (χ4v) is 1.91. The van der Waals surface area contributed by atoms with Crippen LogP contribution in [-0.2, 0) is 4.79 Å². The number of carbonyl (C=O) groups excluding carboxylic acids is 1. The minimum Gasteiger partial charge on any atom is -0.355 e. The van der Waals surface area contributed by atoms with E-state index in [1.807, 2.05) is 0 Å². The monoisotopic (exact) mass is 184 g/mol. The van der Waals surface area contributed by atoms with Gasteiger partial charge in [-0.25, -0.2) is 0 Å². The summed E-state index contributed by atoms with van der Waals surface area (Å²) in [5.41, 5.74) is 0. The van der Waals surface area contributed by atoms with E-state index < -0.39 is 0 Å². The van der Waals surface area contributed by atoms with E-state index in [1.165, 1.54) is 19.3 Å². The molecule has 0 spiro atoms. The van der Waals surface area contributed by atoms with Crippen molar-refractivity contribution in [1.82, 2.24) is 10.6 Å². The molecule has 0 heterocycles. The van der Waals surface area contributed by atoms with Crippen molar-refractivity contribution >= 4 is 5.91 Å². The van der Waals surface area contributed by atoms with Gasteiger partial charge in [-0.1, -0.05) is 6.92 Å². The first-order valence-electron chi connectivity index (χ1n) is 5.16. The van der Waals surface area contributed by atoms with E-state index >= 15 is 0 Å². The van der Waals surface area contributed by atoms with Crippen LogP contribution in [0.1, 0.15) is 33.1 Å². The maximum absolute atomic E-state index is 10.6. The summed E-state index contributed by atoms with van der Waals surface area (Å²) in [6, 6.07) is 0.684. The van der Waals surface area contributed by atoms with Crippen LogP contribution in [0, 0.1) is 5.92 Å².